The number of carbonyl (C=O) groups is 1. The normalized spacial score (nSPS) is 31.6. The van der Waals surface area contributed by atoms with Crippen LogP contribution in [-0.4, -0.2) is 81.8 Å². The molecule has 1 aromatic rings. The van der Waals surface area contributed by atoms with Gasteiger partial charge < -0.3 is 25.3 Å². The maximum absolute atomic E-state index is 13.3. The molecule has 5 atom stereocenters. The zero-order chi connectivity index (χ0) is 22.1. The summed E-state index contributed by atoms with van der Waals surface area (Å²) >= 11 is 0. The van der Waals surface area contributed by atoms with E-state index in [0.29, 0.717) is 13.0 Å². The van der Waals surface area contributed by atoms with Crippen LogP contribution in [0.25, 0.3) is 0 Å². The first-order chi connectivity index (χ1) is 14.9. The predicted octanol–water partition coefficient (Wildman–Crippen LogP) is 0.618. The van der Waals surface area contributed by atoms with Gasteiger partial charge in [-0.05, 0) is 36.8 Å². The van der Waals surface area contributed by atoms with E-state index in [1.165, 1.54) is 5.56 Å². The number of anilines is 1. The largest absolute Gasteiger partial charge is 0.395 e. The Balaban J connectivity index is 1.50. The zero-order valence-electron chi connectivity index (χ0n) is 17.9. The number of fused-ring (bicyclic) bond motifs is 1. The number of allylic oxidation sites excluding steroid dienone is 2. The van der Waals surface area contributed by atoms with Crippen molar-refractivity contribution in [1.29, 1.82) is 0 Å². The molecule has 1 aliphatic carbocycles. The van der Waals surface area contributed by atoms with Gasteiger partial charge in [-0.15, -0.1) is 0 Å². The number of β-amino-alcohol motifs (C(OH)–C–C–N with tert-alkyl or cyclic N) is 1. The van der Waals surface area contributed by atoms with E-state index < -0.39 is 24.4 Å². The van der Waals surface area contributed by atoms with Gasteiger partial charge in [-0.3, -0.25) is 9.69 Å². The molecule has 4 rings (SSSR count). The second-order valence-corrected chi connectivity index (χ2v) is 8.96. The van der Waals surface area contributed by atoms with E-state index in [0.717, 1.165) is 36.2 Å². The maximum Gasteiger partial charge on any atom is 0.254 e. The smallest absolute Gasteiger partial charge is 0.254 e. The van der Waals surface area contributed by atoms with Crippen LogP contribution in [0.15, 0.2) is 47.6 Å². The number of piperidine rings is 1. The highest BCUT2D eigenvalue weighted by Gasteiger charge is 2.41. The summed E-state index contributed by atoms with van der Waals surface area (Å²) in [5.41, 5.74) is 4.07. The minimum atomic E-state index is -1.26. The molecule has 2 aliphatic heterocycles. The minimum Gasteiger partial charge on any atom is -0.395 e. The van der Waals surface area contributed by atoms with Crippen LogP contribution < -0.4 is 4.90 Å². The molecule has 7 heteroatoms. The quantitative estimate of drug-likeness (QED) is 0.561. The summed E-state index contributed by atoms with van der Waals surface area (Å²) in [5, 5.41) is 39.9. The molecule has 168 valence electrons. The maximum atomic E-state index is 13.3. The van der Waals surface area contributed by atoms with Crippen molar-refractivity contribution >= 4 is 11.6 Å². The molecule has 0 radical (unpaired) electrons. The molecule has 1 fully saturated rings. The molecule has 1 unspecified atom stereocenters. The molecule has 1 amide bonds. The van der Waals surface area contributed by atoms with Gasteiger partial charge in [-0.2, -0.15) is 0 Å². The standard InChI is InChI=1S/C24H32N2O5/c1-15-11-17(24(31)26-10-4-6-16-5-2-3-7-19(16)26)8-9-18(15)12-25-13-21(28)23(30)22(29)20(25)14-27/h2-3,5,7-9,15,20-23,27-30H,4,6,10-14H2,1H3/t15?,20-,21-,22+,23+/m0/s1. The van der Waals surface area contributed by atoms with Crippen LogP contribution in [0.3, 0.4) is 0 Å². The van der Waals surface area contributed by atoms with E-state index >= 15 is 0 Å². The van der Waals surface area contributed by atoms with Gasteiger partial charge in [0.25, 0.3) is 5.91 Å². The fourth-order valence-electron chi connectivity index (χ4n) is 4.98. The Bertz CT molecular complexity index is 882. The molecule has 0 spiro atoms. The first-order valence-corrected chi connectivity index (χ1v) is 11.1. The van der Waals surface area contributed by atoms with Crippen molar-refractivity contribution in [3.05, 3.63) is 53.1 Å². The number of likely N-dealkylation sites (tertiary alicyclic amines) is 1. The van der Waals surface area contributed by atoms with Gasteiger partial charge in [-0.25, -0.2) is 0 Å². The minimum absolute atomic E-state index is 0.0504. The zero-order valence-corrected chi connectivity index (χ0v) is 17.9. The van der Waals surface area contributed by atoms with E-state index in [9.17, 15) is 25.2 Å². The summed E-state index contributed by atoms with van der Waals surface area (Å²) in [5.74, 6) is 0.166. The van der Waals surface area contributed by atoms with Crippen molar-refractivity contribution in [3.8, 4) is 0 Å². The summed E-state index contributed by atoms with van der Waals surface area (Å²) < 4.78 is 0. The molecular weight excluding hydrogens is 396 g/mol. The molecule has 1 aromatic carbocycles. The molecule has 0 bridgehead atoms. The number of amides is 1. The monoisotopic (exact) mass is 428 g/mol. The molecule has 0 saturated carbocycles. The third kappa shape index (κ3) is 4.33. The van der Waals surface area contributed by atoms with Crippen LogP contribution in [0.1, 0.15) is 25.3 Å². The number of para-hydroxylation sites is 1. The first-order valence-electron chi connectivity index (χ1n) is 11.1. The lowest BCUT2D eigenvalue weighted by atomic mass is 9.86. The fourth-order valence-corrected chi connectivity index (χ4v) is 4.98. The summed E-state index contributed by atoms with van der Waals surface area (Å²) in [7, 11) is 0. The number of hydrogen-bond acceptors (Lipinski definition) is 6. The predicted molar refractivity (Wildman–Crippen MR) is 118 cm³/mol. The van der Waals surface area contributed by atoms with Crippen LogP contribution in [0.2, 0.25) is 0 Å². The lowest BCUT2D eigenvalue weighted by Gasteiger charge is -2.44. The topological polar surface area (TPSA) is 104 Å². The molecular formula is C24H32N2O5. The number of aryl methyl sites for hydroxylation is 1. The lowest BCUT2D eigenvalue weighted by Crippen LogP contribution is -2.62. The number of nitrogens with zero attached hydrogens (tertiary/aromatic N) is 2. The van der Waals surface area contributed by atoms with E-state index in [2.05, 4.69) is 13.0 Å². The third-order valence-electron chi connectivity index (χ3n) is 6.89. The summed E-state index contributed by atoms with van der Waals surface area (Å²) in [4.78, 5) is 17.0. The van der Waals surface area contributed by atoms with Gasteiger partial charge >= 0.3 is 0 Å². The van der Waals surface area contributed by atoms with E-state index in [1.807, 2.05) is 40.2 Å². The van der Waals surface area contributed by atoms with Crippen molar-refractivity contribution < 1.29 is 25.2 Å². The average Bonchev–Trinajstić information content (AvgIpc) is 2.78. The molecule has 2 heterocycles. The van der Waals surface area contributed by atoms with Gasteiger partial charge in [0.2, 0.25) is 0 Å². The Morgan fingerprint density at radius 2 is 1.90 bits per heavy atom. The number of aliphatic hydroxyl groups excluding tert-OH is 4. The van der Waals surface area contributed by atoms with Crippen molar-refractivity contribution in [2.75, 3.05) is 31.1 Å². The van der Waals surface area contributed by atoms with E-state index in [1.54, 1.807) is 0 Å². The SMILES string of the molecule is CC1CC(C(=O)N2CCCc3ccccc32)=CC=C1CN1C[C@H](O)[C@@H](O)[C@H](O)[C@@H]1CO. The van der Waals surface area contributed by atoms with Crippen LogP contribution >= 0.6 is 0 Å². The molecule has 1 saturated heterocycles. The van der Waals surface area contributed by atoms with Gasteiger partial charge in [0.1, 0.15) is 12.2 Å². The number of hydrogen-bond donors (Lipinski definition) is 4. The summed E-state index contributed by atoms with van der Waals surface area (Å²) in [6, 6.07) is 7.44. The van der Waals surface area contributed by atoms with Crippen LogP contribution in [0.4, 0.5) is 5.69 Å². The summed E-state index contributed by atoms with van der Waals surface area (Å²) in [6.07, 6.45) is 2.87. The van der Waals surface area contributed by atoms with E-state index in [-0.39, 0.29) is 25.0 Å². The van der Waals surface area contributed by atoms with Gasteiger partial charge in [0.15, 0.2) is 0 Å². The first kappa shape index (κ1) is 22.2. The molecule has 7 nitrogen and oxygen atoms in total. The average molecular weight is 429 g/mol. The Hall–Kier alpha value is -2.03. The van der Waals surface area contributed by atoms with Gasteiger partial charge in [0, 0.05) is 30.9 Å². The lowest BCUT2D eigenvalue weighted by molar-refractivity contribution is -0.143. The van der Waals surface area contributed by atoms with Crippen molar-refractivity contribution in [2.24, 2.45) is 5.92 Å². The van der Waals surface area contributed by atoms with E-state index in [4.69, 9.17) is 0 Å². The Morgan fingerprint density at radius 1 is 1.13 bits per heavy atom. The van der Waals surface area contributed by atoms with Crippen LogP contribution in [0, 0.1) is 5.92 Å². The second-order valence-electron chi connectivity index (χ2n) is 8.96. The highest BCUT2D eigenvalue weighted by atomic mass is 16.4. The number of rotatable bonds is 4. The van der Waals surface area contributed by atoms with Crippen LogP contribution in [0.5, 0.6) is 0 Å². The highest BCUT2D eigenvalue weighted by Crippen LogP contribution is 2.32. The van der Waals surface area contributed by atoms with Gasteiger partial charge in [-0.1, -0.05) is 42.8 Å². The number of carbonyl (C=O) groups excluding carboxylic acids is 1. The third-order valence-corrected chi connectivity index (χ3v) is 6.89. The Morgan fingerprint density at radius 3 is 2.65 bits per heavy atom. The van der Waals surface area contributed by atoms with Crippen molar-refractivity contribution in [3.63, 3.8) is 0 Å². The van der Waals surface area contributed by atoms with Crippen molar-refractivity contribution in [1.82, 2.24) is 4.90 Å². The molecule has 0 aromatic heterocycles. The molecule has 3 aliphatic rings. The second kappa shape index (κ2) is 9.22. The Labute approximate surface area is 182 Å². The fraction of sp³-hybridized carbons (Fsp3) is 0.542. The summed E-state index contributed by atoms with van der Waals surface area (Å²) in [6.45, 7) is 3.12. The van der Waals surface area contributed by atoms with Crippen molar-refractivity contribution in [2.45, 2.75) is 50.5 Å². The number of benzene rings is 1. The molecule has 31 heavy (non-hydrogen) atoms. The highest BCUT2D eigenvalue weighted by molar-refractivity contribution is 6.06. The van der Waals surface area contributed by atoms with Gasteiger partial charge in [0.05, 0.1) is 18.8 Å². The number of aliphatic hydroxyl groups is 4. The molecule has 4 N–H and O–H groups in total. The van der Waals surface area contributed by atoms with Crippen LogP contribution in [-0.2, 0) is 11.2 Å². The Kier molecular flexibility index (Phi) is 6.60.